The maximum absolute atomic E-state index is 13.3. The average Bonchev–Trinajstić information content (AvgIpc) is 3.53. The summed E-state index contributed by atoms with van der Waals surface area (Å²) in [6.07, 6.45) is 2.22. The molecule has 2 aliphatic heterocycles. The maximum atomic E-state index is 13.3. The molecule has 0 bridgehead atoms. The number of fused-ring (bicyclic) bond motifs is 3. The monoisotopic (exact) mass is 455 g/mol. The Morgan fingerprint density at radius 3 is 2.39 bits per heavy atom. The number of nitrogens with zero attached hydrogens (tertiary/aromatic N) is 1. The number of allylic oxidation sites excluding steroid dienone is 2. The van der Waals surface area contributed by atoms with E-state index in [0.29, 0.717) is 17.0 Å². The van der Waals surface area contributed by atoms with Crippen LogP contribution in [0.4, 0.5) is 10.5 Å². The lowest BCUT2D eigenvalue weighted by Gasteiger charge is -2.33. The number of Topliss-reactive ketones (excluding diaryl/α,β-unsaturated/α-hetero) is 1. The van der Waals surface area contributed by atoms with Gasteiger partial charge in [-0.25, -0.2) is 4.79 Å². The van der Waals surface area contributed by atoms with Crippen LogP contribution >= 0.6 is 0 Å². The SMILES string of the molecule is CC(=O)[C@]12O[C@H]1[C@H](C#C/C=C\C#C[Si](C)(C)C)N(C(=O)Oc1ccccc1)c1ccccc12. The van der Waals surface area contributed by atoms with Crippen LogP contribution in [0.5, 0.6) is 5.75 Å². The van der Waals surface area contributed by atoms with Gasteiger partial charge in [0.2, 0.25) is 0 Å². The predicted octanol–water partition coefficient (Wildman–Crippen LogP) is 4.70. The summed E-state index contributed by atoms with van der Waals surface area (Å²) in [5.41, 5.74) is 3.38. The van der Waals surface area contributed by atoms with Crippen LogP contribution in [-0.4, -0.2) is 32.1 Å². The van der Waals surface area contributed by atoms with Crippen molar-refractivity contribution in [1.29, 1.82) is 0 Å². The number of epoxide rings is 1. The van der Waals surface area contributed by atoms with Crippen molar-refractivity contribution in [3.63, 3.8) is 0 Å². The molecule has 2 aliphatic rings. The summed E-state index contributed by atoms with van der Waals surface area (Å²) in [7, 11) is -1.47. The molecule has 0 N–H and O–H groups in total. The first kappa shape index (κ1) is 22.6. The molecule has 1 fully saturated rings. The van der Waals surface area contributed by atoms with Crippen LogP contribution in [0, 0.1) is 23.3 Å². The zero-order valence-electron chi connectivity index (χ0n) is 19.1. The Balaban J connectivity index is 1.71. The molecular weight excluding hydrogens is 430 g/mol. The Kier molecular flexibility index (Phi) is 5.99. The third-order valence-corrected chi connectivity index (χ3v) is 6.28. The van der Waals surface area contributed by atoms with Crippen LogP contribution in [0.3, 0.4) is 0 Å². The number of anilines is 1. The Bertz CT molecular complexity index is 1240. The minimum atomic E-state index is -1.47. The second kappa shape index (κ2) is 8.75. The molecule has 2 aromatic carbocycles. The number of hydrogen-bond donors (Lipinski definition) is 0. The van der Waals surface area contributed by atoms with Crippen molar-refractivity contribution in [3.8, 4) is 29.1 Å². The van der Waals surface area contributed by atoms with Gasteiger partial charge in [-0.05, 0) is 37.3 Å². The topological polar surface area (TPSA) is 59.1 Å². The fourth-order valence-electron chi connectivity index (χ4n) is 3.89. The van der Waals surface area contributed by atoms with Gasteiger partial charge < -0.3 is 9.47 Å². The first-order valence-corrected chi connectivity index (χ1v) is 14.3. The molecule has 1 amide bonds. The summed E-state index contributed by atoms with van der Waals surface area (Å²) in [6, 6.07) is 15.4. The maximum Gasteiger partial charge on any atom is 0.420 e. The molecular formula is C27H25NO4Si. The molecule has 0 saturated carbocycles. The summed E-state index contributed by atoms with van der Waals surface area (Å²) < 4.78 is 11.6. The van der Waals surface area contributed by atoms with Crippen molar-refractivity contribution in [2.45, 2.75) is 44.3 Å². The van der Waals surface area contributed by atoms with Gasteiger partial charge in [0.05, 0.1) is 5.69 Å². The second-order valence-electron chi connectivity index (χ2n) is 8.98. The zero-order chi connectivity index (χ0) is 23.6. The smallest absolute Gasteiger partial charge is 0.410 e. The molecule has 4 rings (SSSR count). The Labute approximate surface area is 195 Å². The van der Waals surface area contributed by atoms with Gasteiger partial charge in [-0.1, -0.05) is 73.8 Å². The molecule has 0 radical (unpaired) electrons. The van der Waals surface area contributed by atoms with E-state index in [2.05, 4.69) is 42.9 Å². The van der Waals surface area contributed by atoms with Crippen LogP contribution in [0.25, 0.3) is 0 Å². The largest absolute Gasteiger partial charge is 0.420 e. The molecule has 166 valence electrons. The fraction of sp³-hybridized carbons (Fsp3) is 0.259. The highest BCUT2D eigenvalue weighted by atomic mass is 28.3. The Hall–Kier alpha value is -3.58. The van der Waals surface area contributed by atoms with E-state index in [0.717, 1.165) is 0 Å². The van der Waals surface area contributed by atoms with Crippen molar-refractivity contribution in [2.24, 2.45) is 0 Å². The van der Waals surface area contributed by atoms with E-state index in [1.54, 1.807) is 42.5 Å². The lowest BCUT2D eigenvalue weighted by Crippen LogP contribution is -2.50. The van der Waals surface area contributed by atoms with E-state index in [4.69, 9.17) is 9.47 Å². The lowest BCUT2D eigenvalue weighted by molar-refractivity contribution is -0.122. The van der Waals surface area contributed by atoms with Crippen molar-refractivity contribution in [1.82, 2.24) is 0 Å². The Morgan fingerprint density at radius 1 is 1.03 bits per heavy atom. The summed E-state index contributed by atoms with van der Waals surface area (Å²) >= 11 is 0. The third kappa shape index (κ3) is 4.50. The van der Waals surface area contributed by atoms with Crippen LogP contribution in [-0.2, 0) is 15.1 Å². The molecule has 0 spiro atoms. The molecule has 0 aliphatic carbocycles. The van der Waals surface area contributed by atoms with Crippen molar-refractivity contribution in [2.75, 3.05) is 4.90 Å². The van der Waals surface area contributed by atoms with Crippen LogP contribution in [0.15, 0.2) is 66.7 Å². The van der Waals surface area contributed by atoms with Crippen LogP contribution in [0.1, 0.15) is 12.5 Å². The normalized spacial score (nSPS) is 22.7. The van der Waals surface area contributed by atoms with Gasteiger partial charge in [-0.3, -0.25) is 9.69 Å². The number of para-hydroxylation sites is 2. The molecule has 0 unspecified atom stereocenters. The first-order valence-electron chi connectivity index (χ1n) is 10.8. The van der Waals surface area contributed by atoms with Crippen molar-refractivity contribution < 1.29 is 19.1 Å². The van der Waals surface area contributed by atoms with Crippen molar-refractivity contribution >= 4 is 25.6 Å². The highest BCUT2D eigenvalue weighted by molar-refractivity contribution is 6.83. The van der Waals surface area contributed by atoms with Gasteiger partial charge in [-0.2, -0.15) is 0 Å². The van der Waals surface area contributed by atoms with Gasteiger partial charge in [0.25, 0.3) is 0 Å². The van der Waals surface area contributed by atoms with Gasteiger partial charge >= 0.3 is 6.09 Å². The fourth-order valence-corrected chi connectivity index (χ4v) is 4.41. The van der Waals surface area contributed by atoms with E-state index >= 15 is 0 Å². The highest BCUT2D eigenvalue weighted by Crippen LogP contribution is 2.56. The predicted molar refractivity (Wildman–Crippen MR) is 130 cm³/mol. The molecule has 5 nitrogen and oxygen atoms in total. The number of hydrogen-bond acceptors (Lipinski definition) is 4. The molecule has 2 aromatic rings. The number of ketones is 1. The summed E-state index contributed by atoms with van der Waals surface area (Å²) in [4.78, 5) is 27.4. The van der Waals surface area contributed by atoms with Gasteiger partial charge in [0.15, 0.2) is 11.4 Å². The van der Waals surface area contributed by atoms with Gasteiger partial charge in [-0.15, -0.1) is 5.54 Å². The second-order valence-corrected chi connectivity index (χ2v) is 13.7. The number of amides is 1. The van der Waals surface area contributed by atoms with E-state index in [1.807, 2.05) is 24.3 Å². The van der Waals surface area contributed by atoms with E-state index in [9.17, 15) is 9.59 Å². The minimum absolute atomic E-state index is 0.112. The number of ether oxygens (including phenoxy) is 2. The number of benzene rings is 2. The van der Waals surface area contributed by atoms with Crippen LogP contribution < -0.4 is 9.64 Å². The van der Waals surface area contributed by atoms with E-state index in [1.165, 1.54) is 11.8 Å². The number of rotatable bonds is 2. The molecule has 2 heterocycles. The summed E-state index contributed by atoms with van der Waals surface area (Å²) in [6.45, 7) is 8.01. The standard InChI is InChI=1S/C27H25NO4Si/c1-20(29)27-22-16-11-12-17-23(22)28(26(30)31-21-14-8-7-9-15-21)24(25(27)32-27)18-10-5-6-13-19-33(2,3)4/h5-9,11-12,14-17,24-25H,1-4H3/b6-5-/t24-,25-,27+/m0/s1. The van der Waals surface area contributed by atoms with Gasteiger partial charge in [0.1, 0.15) is 26.0 Å². The summed E-state index contributed by atoms with van der Waals surface area (Å²) in [5, 5.41) is 0. The minimum Gasteiger partial charge on any atom is -0.410 e. The average molecular weight is 456 g/mol. The zero-order valence-corrected chi connectivity index (χ0v) is 20.1. The molecule has 3 atom stereocenters. The molecule has 6 heteroatoms. The van der Waals surface area contributed by atoms with E-state index in [-0.39, 0.29) is 5.78 Å². The molecule has 33 heavy (non-hydrogen) atoms. The van der Waals surface area contributed by atoms with Crippen LogP contribution in [0.2, 0.25) is 19.6 Å². The van der Waals surface area contributed by atoms with Gasteiger partial charge in [0, 0.05) is 5.56 Å². The molecule has 0 aromatic heterocycles. The first-order chi connectivity index (χ1) is 15.7. The van der Waals surface area contributed by atoms with E-state index < -0.39 is 31.9 Å². The number of carbonyl (C=O) groups is 2. The quantitative estimate of drug-likeness (QED) is 0.374. The molecule has 1 saturated heterocycles. The Morgan fingerprint density at radius 2 is 1.70 bits per heavy atom. The lowest BCUT2D eigenvalue weighted by atomic mass is 9.83. The number of carbonyl (C=O) groups excluding carboxylic acids is 2. The highest BCUT2D eigenvalue weighted by Gasteiger charge is 2.70. The third-order valence-electron chi connectivity index (χ3n) is 5.38. The van der Waals surface area contributed by atoms with Crippen molar-refractivity contribution in [3.05, 3.63) is 72.3 Å². The summed E-state index contributed by atoms with van der Waals surface area (Å²) in [5.74, 6) is 9.42.